The summed E-state index contributed by atoms with van der Waals surface area (Å²) in [6.45, 7) is 0.323. The summed E-state index contributed by atoms with van der Waals surface area (Å²) >= 11 is 0. The van der Waals surface area contributed by atoms with Crippen molar-refractivity contribution < 1.29 is 15.0 Å². The summed E-state index contributed by atoms with van der Waals surface area (Å²) < 4.78 is 3.69. The third-order valence-electron chi connectivity index (χ3n) is 4.71. The second-order valence-electron chi connectivity index (χ2n) is 6.51. The second kappa shape index (κ2) is 6.64. The topological polar surface area (TPSA) is 84.5 Å². The molecule has 1 aliphatic rings. The number of hydrogen-bond donors (Lipinski definition) is 2. The molecule has 136 valence electrons. The van der Waals surface area contributed by atoms with Crippen molar-refractivity contribution in [3.05, 3.63) is 87.6 Å². The van der Waals surface area contributed by atoms with Gasteiger partial charge >= 0.3 is 5.97 Å². The van der Waals surface area contributed by atoms with E-state index in [9.17, 15) is 19.8 Å². The van der Waals surface area contributed by atoms with Crippen LogP contribution in [0.1, 0.15) is 33.7 Å². The molecule has 0 aliphatic heterocycles. The predicted octanol–water partition coefficient (Wildman–Crippen LogP) is 3.05. The van der Waals surface area contributed by atoms with E-state index in [4.69, 9.17) is 0 Å². The highest BCUT2D eigenvalue weighted by molar-refractivity contribution is 5.87. The molecule has 0 radical (unpaired) electrons. The molecule has 27 heavy (non-hydrogen) atoms. The number of allylic oxidation sites excluding steroid dienone is 1. The fourth-order valence-corrected chi connectivity index (χ4v) is 3.52. The third-order valence-corrected chi connectivity index (χ3v) is 4.71. The fraction of sp³-hybridized carbons (Fsp3) is 0.143. The molecule has 0 atom stereocenters. The largest absolute Gasteiger partial charge is 0.503 e. The third kappa shape index (κ3) is 3.06. The Hall–Kier alpha value is -3.54. The molecule has 0 saturated heterocycles. The number of fused-ring (bicyclic) bond motifs is 1. The Kier molecular flexibility index (Phi) is 4.16. The molecular formula is C21H18N2O4. The number of carboxylic acids is 1. The molecule has 0 bridgehead atoms. The van der Waals surface area contributed by atoms with E-state index in [1.165, 1.54) is 22.7 Å². The number of aromatic hydroxyl groups is 1. The van der Waals surface area contributed by atoms with Gasteiger partial charge in [0.15, 0.2) is 5.75 Å². The molecular weight excluding hydrogens is 344 g/mol. The Bertz CT molecular complexity index is 1110. The van der Waals surface area contributed by atoms with E-state index in [0.717, 1.165) is 29.8 Å². The number of rotatable bonds is 4. The minimum Gasteiger partial charge on any atom is -0.503 e. The Morgan fingerprint density at radius 1 is 1.15 bits per heavy atom. The number of hydrogen-bond acceptors (Lipinski definition) is 3. The van der Waals surface area contributed by atoms with Crippen LogP contribution < -0.4 is 5.43 Å². The lowest BCUT2D eigenvalue weighted by atomic mass is 10.1. The maximum Gasteiger partial charge on any atom is 0.341 e. The van der Waals surface area contributed by atoms with Gasteiger partial charge in [-0.2, -0.15) is 0 Å². The molecule has 2 aromatic heterocycles. The lowest BCUT2D eigenvalue weighted by molar-refractivity contribution is 0.0694. The van der Waals surface area contributed by atoms with Gasteiger partial charge in [0.25, 0.3) is 0 Å². The minimum absolute atomic E-state index is 0.323. The maximum absolute atomic E-state index is 11.8. The van der Waals surface area contributed by atoms with Crippen LogP contribution in [0.25, 0.3) is 11.8 Å². The normalized spacial score (nSPS) is 12.7. The van der Waals surface area contributed by atoms with Gasteiger partial charge in [-0.15, -0.1) is 0 Å². The van der Waals surface area contributed by atoms with Crippen LogP contribution in [0.2, 0.25) is 0 Å². The molecule has 3 aromatic rings. The molecule has 0 spiro atoms. The van der Waals surface area contributed by atoms with Crippen LogP contribution in [0.3, 0.4) is 0 Å². The molecule has 0 fully saturated rings. The van der Waals surface area contributed by atoms with Crippen molar-refractivity contribution in [2.75, 3.05) is 0 Å². The van der Waals surface area contributed by atoms with Crippen molar-refractivity contribution in [2.45, 2.75) is 19.4 Å². The van der Waals surface area contributed by atoms with Gasteiger partial charge in [0.2, 0.25) is 5.43 Å². The molecule has 2 heterocycles. The Morgan fingerprint density at radius 3 is 2.67 bits per heavy atom. The van der Waals surface area contributed by atoms with E-state index in [0.29, 0.717) is 6.54 Å². The first kappa shape index (κ1) is 16.9. The Morgan fingerprint density at radius 2 is 1.93 bits per heavy atom. The quantitative estimate of drug-likeness (QED) is 0.747. The number of aromatic nitrogens is 2. The number of carbonyl (C=O) groups is 1. The van der Waals surface area contributed by atoms with Crippen LogP contribution in [-0.4, -0.2) is 25.3 Å². The fourth-order valence-electron chi connectivity index (χ4n) is 3.52. The van der Waals surface area contributed by atoms with E-state index in [1.807, 2.05) is 30.3 Å². The van der Waals surface area contributed by atoms with Crippen LogP contribution in [0.5, 0.6) is 5.75 Å². The molecule has 0 saturated carbocycles. The van der Waals surface area contributed by atoms with Crippen molar-refractivity contribution in [2.24, 2.45) is 0 Å². The first-order valence-corrected chi connectivity index (χ1v) is 8.66. The maximum atomic E-state index is 11.8. The van der Waals surface area contributed by atoms with Gasteiger partial charge in [0.05, 0.1) is 12.7 Å². The van der Waals surface area contributed by atoms with Crippen molar-refractivity contribution >= 4 is 12.0 Å². The minimum atomic E-state index is -1.36. The van der Waals surface area contributed by atoms with Gasteiger partial charge in [0.1, 0.15) is 5.56 Å². The van der Waals surface area contributed by atoms with Crippen LogP contribution in [-0.2, 0) is 13.0 Å². The zero-order valence-electron chi connectivity index (χ0n) is 14.5. The van der Waals surface area contributed by atoms with Crippen molar-refractivity contribution in [1.29, 1.82) is 0 Å². The van der Waals surface area contributed by atoms with E-state index in [1.54, 1.807) is 0 Å². The molecule has 1 aliphatic carbocycles. The number of carboxylic acid groups (broad SMARTS) is 1. The van der Waals surface area contributed by atoms with Crippen LogP contribution in [0.15, 0.2) is 59.7 Å². The Labute approximate surface area is 155 Å². The molecule has 6 heteroatoms. The smallest absolute Gasteiger partial charge is 0.341 e. The van der Waals surface area contributed by atoms with E-state index in [-0.39, 0.29) is 0 Å². The molecule has 2 N–H and O–H groups in total. The van der Waals surface area contributed by atoms with Gasteiger partial charge in [-0.1, -0.05) is 30.4 Å². The van der Waals surface area contributed by atoms with Crippen molar-refractivity contribution in [3.8, 4) is 11.4 Å². The van der Waals surface area contributed by atoms with Crippen LogP contribution >= 0.6 is 0 Å². The first-order valence-electron chi connectivity index (χ1n) is 8.66. The lowest BCUT2D eigenvalue weighted by Gasteiger charge is -2.16. The number of benzene rings is 1. The summed E-state index contributed by atoms with van der Waals surface area (Å²) in [5.74, 6) is -1.93. The van der Waals surface area contributed by atoms with Gasteiger partial charge in [-0.05, 0) is 36.6 Å². The number of para-hydroxylation sites is 1. The summed E-state index contributed by atoms with van der Waals surface area (Å²) in [6, 6.07) is 12.0. The SMILES string of the molecule is O=C(O)c1cn(Cc2cc3c(n2-c2ccccc2)CCC=C3)cc(O)c1=O. The van der Waals surface area contributed by atoms with Crippen LogP contribution in [0.4, 0.5) is 0 Å². The number of nitrogens with zero attached hydrogens (tertiary/aromatic N) is 2. The van der Waals surface area contributed by atoms with E-state index < -0.39 is 22.7 Å². The summed E-state index contributed by atoms with van der Waals surface area (Å²) in [6.07, 6.45) is 8.64. The highest BCUT2D eigenvalue weighted by atomic mass is 16.4. The predicted molar refractivity (Wildman–Crippen MR) is 102 cm³/mol. The average Bonchev–Trinajstić information content (AvgIpc) is 3.02. The van der Waals surface area contributed by atoms with Crippen LogP contribution in [0, 0.1) is 0 Å². The van der Waals surface area contributed by atoms with E-state index in [2.05, 4.69) is 22.8 Å². The lowest BCUT2D eigenvalue weighted by Crippen LogP contribution is -2.18. The molecule has 6 nitrogen and oxygen atoms in total. The zero-order chi connectivity index (χ0) is 19.0. The molecule has 0 amide bonds. The first-order chi connectivity index (χ1) is 13.0. The molecule has 4 rings (SSSR count). The monoisotopic (exact) mass is 362 g/mol. The van der Waals surface area contributed by atoms with Crippen molar-refractivity contribution in [1.82, 2.24) is 9.13 Å². The van der Waals surface area contributed by atoms with Crippen molar-refractivity contribution in [3.63, 3.8) is 0 Å². The van der Waals surface area contributed by atoms with E-state index >= 15 is 0 Å². The van der Waals surface area contributed by atoms with Gasteiger partial charge in [-0.3, -0.25) is 4.79 Å². The highest BCUT2D eigenvalue weighted by Gasteiger charge is 2.18. The molecule has 1 aromatic carbocycles. The second-order valence-corrected chi connectivity index (χ2v) is 6.51. The number of aromatic carboxylic acids is 1. The van der Waals surface area contributed by atoms with Gasteiger partial charge < -0.3 is 19.3 Å². The Balaban J connectivity index is 1.84. The average molecular weight is 362 g/mol. The zero-order valence-corrected chi connectivity index (χ0v) is 14.5. The summed E-state index contributed by atoms with van der Waals surface area (Å²) in [4.78, 5) is 23.1. The highest BCUT2D eigenvalue weighted by Crippen LogP contribution is 2.28. The molecule has 0 unspecified atom stereocenters. The standard InChI is InChI=1S/C21H18N2O4/c24-19-13-22(12-17(20(19)25)21(26)27)11-16-10-14-6-4-5-9-18(14)23(16)15-7-2-1-3-8-15/h1-4,6-8,10,12-13,24H,5,9,11H2,(H,26,27). The summed E-state index contributed by atoms with van der Waals surface area (Å²) in [5, 5.41) is 19.0. The summed E-state index contributed by atoms with van der Waals surface area (Å²) in [7, 11) is 0. The number of pyridine rings is 1. The summed E-state index contributed by atoms with van der Waals surface area (Å²) in [5.41, 5.74) is 2.97. The van der Waals surface area contributed by atoms with Gasteiger partial charge in [0, 0.05) is 23.3 Å². The van der Waals surface area contributed by atoms with Gasteiger partial charge in [-0.25, -0.2) is 4.79 Å².